The van der Waals surface area contributed by atoms with E-state index in [1.807, 2.05) is 6.92 Å². The number of esters is 2. The van der Waals surface area contributed by atoms with Gasteiger partial charge in [-0.1, -0.05) is 19.8 Å². The van der Waals surface area contributed by atoms with E-state index in [2.05, 4.69) is 4.74 Å². The lowest BCUT2D eigenvalue weighted by molar-refractivity contribution is -0.179. The van der Waals surface area contributed by atoms with E-state index in [4.69, 9.17) is 4.74 Å². The van der Waals surface area contributed by atoms with Crippen LogP contribution in [0.3, 0.4) is 0 Å². The van der Waals surface area contributed by atoms with Gasteiger partial charge in [0.15, 0.2) is 6.61 Å². The average Bonchev–Trinajstić information content (AvgIpc) is 2.42. The maximum atomic E-state index is 12.5. The lowest BCUT2D eigenvalue weighted by atomic mass is 10.2. The van der Waals surface area contributed by atoms with E-state index in [1.54, 1.807) is 6.92 Å². The van der Waals surface area contributed by atoms with Gasteiger partial charge in [-0.25, -0.2) is 8.78 Å². The second-order valence-electron chi connectivity index (χ2n) is 5.02. The molecule has 0 rings (SSSR count). The van der Waals surface area contributed by atoms with Crippen molar-refractivity contribution in [3.05, 3.63) is 0 Å². The highest BCUT2D eigenvalue weighted by Gasteiger charge is 2.42. The number of carbonyl (C=O) groups is 2. The number of ether oxygens (including phenoxy) is 2. The van der Waals surface area contributed by atoms with Crippen molar-refractivity contribution in [2.24, 2.45) is 0 Å². The lowest BCUT2D eigenvalue weighted by Gasteiger charge is -2.15. The Kier molecular flexibility index (Phi) is 9.76. The normalized spacial score (nSPS) is 13.0. The van der Waals surface area contributed by atoms with Gasteiger partial charge in [0.05, 0.1) is 6.10 Å². The molecule has 0 aliphatic heterocycles. The minimum absolute atomic E-state index is 0.0540. The van der Waals surface area contributed by atoms with Crippen LogP contribution < -0.4 is 0 Å². The Labute approximate surface area is 127 Å². The summed E-state index contributed by atoms with van der Waals surface area (Å²) in [4.78, 5) is 22.5. The van der Waals surface area contributed by atoms with Gasteiger partial charge in [-0.3, -0.25) is 9.59 Å². The van der Waals surface area contributed by atoms with E-state index >= 15 is 0 Å². The monoisotopic (exact) mass is 330 g/mol. The summed E-state index contributed by atoms with van der Waals surface area (Å²) in [6.45, 7) is 2.11. The summed E-state index contributed by atoms with van der Waals surface area (Å²) in [5.41, 5.74) is 0. The van der Waals surface area contributed by atoms with Crippen LogP contribution in [0.2, 0.25) is 0 Å². The van der Waals surface area contributed by atoms with Gasteiger partial charge in [0.2, 0.25) is 0 Å². The highest BCUT2D eigenvalue weighted by Crippen LogP contribution is 2.23. The molecule has 0 saturated carbocycles. The van der Waals surface area contributed by atoms with Crippen LogP contribution in [0.25, 0.3) is 0 Å². The van der Waals surface area contributed by atoms with Crippen LogP contribution in [-0.4, -0.2) is 37.0 Å². The minimum atomic E-state index is -4.36. The molecule has 0 spiro atoms. The van der Waals surface area contributed by atoms with Gasteiger partial charge < -0.3 is 9.47 Å². The molecule has 130 valence electrons. The van der Waals surface area contributed by atoms with E-state index in [0.717, 1.165) is 19.3 Å². The lowest BCUT2D eigenvalue weighted by Crippen LogP contribution is -2.33. The molecule has 0 radical (unpaired) electrons. The van der Waals surface area contributed by atoms with Crippen molar-refractivity contribution >= 4 is 11.9 Å². The third kappa shape index (κ3) is 9.57. The number of hydrogen-bond donors (Lipinski definition) is 0. The van der Waals surface area contributed by atoms with Crippen LogP contribution in [0.5, 0.6) is 0 Å². The van der Waals surface area contributed by atoms with Crippen molar-refractivity contribution in [1.29, 1.82) is 0 Å². The Morgan fingerprint density at radius 1 is 1.09 bits per heavy atom. The van der Waals surface area contributed by atoms with E-state index < -0.39 is 30.9 Å². The van der Waals surface area contributed by atoms with Crippen molar-refractivity contribution in [3.8, 4) is 0 Å². The maximum Gasteiger partial charge on any atom is 0.340 e. The summed E-state index contributed by atoms with van der Waals surface area (Å²) < 4.78 is 57.8. The van der Waals surface area contributed by atoms with Gasteiger partial charge in [-0.05, 0) is 19.8 Å². The van der Waals surface area contributed by atoms with Crippen LogP contribution in [-0.2, 0) is 19.1 Å². The fraction of sp³-hybridized carbons (Fsp3) is 0.857. The predicted octanol–water partition coefficient (Wildman–Crippen LogP) is 3.72. The number of rotatable bonds is 11. The van der Waals surface area contributed by atoms with Crippen LogP contribution in [0, 0.1) is 0 Å². The summed E-state index contributed by atoms with van der Waals surface area (Å²) in [5.74, 6) is -5.90. The Bertz CT molecular complexity index is 348. The van der Waals surface area contributed by atoms with Crippen molar-refractivity contribution < 1.29 is 36.6 Å². The average molecular weight is 330 g/mol. The molecule has 1 atom stereocenters. The molecule has 0 aromatic carbocycles. The third-order valence-corrected chi connectivity index (χ3v) is 2.80. The molecular formula is C14H22F4O4. The maximum absolute atomic E-state index is 12.5. The molecule has 0 fully saturated rings. The van der Waals surface area contributed by atoms with Crippen molar-refractivity contribution in [2.45, 2.75) is 70.8 Å². The summed E-state index contributed by atoms with van der Waals surface area (Å²) in [7, 11) is 0. The van der Waals surface area contributed by atoms with Gasteiger partial charge in [0, 0.05) is 12.8 Å². The molecule has 4 nitrogen and oxygen atoms in total. The molecule has 0 aromatic heterocycles. The second kappa shape index (κ2) is 10.4. The molecule has 0 bridgehead atoms. The molecule has 0 amide bonds. The number of halogens is 4. The molecule has 22 heavy (non-hydrogen) atoms. The van der Waals surface area contributed by atoms with Gasteiger partial charge in [-0.15, -0.1) is 0 Å². The molecule has 0 aromatic rings. The van der Waals surface area contributed by atoms with Crippen molar-refractivity contribution in [1.82, 2.24) is 0 Å². The SMILES string of the molecule is CCCCC(C)OC(=O)CCCC(=O)OCC(F)(F)C(F)F. The summed E-state index contributed by atoms with van der Waals surface area (Å²) in [6.07, 6.45) is -1.76. The molecule has 0 N–H and O–H groups in total. The molecular weight excluding hydrogens is 308 g/mol. The predicted molar refractivity (Wildman–Crippen MR) is 70.8 cm³/mol. The Hall–Kier alpha value is -1.34. The Morgan fingerprint density at radius 2 is 1.68 bits per heavy atom. The molecule has 8 heteroatoms. The first-order chi connectivity index (χ1) is 10.2. The summed E-state index contributed by atoms with van der Waals surface area (Å²) >= 11 is 0. The smallest absolute Gasteiger partial charge is 0.340 e. The Balaban J connectivity index is 3.82. The van der Waals surface area contributed by atoms with Crippen molar-refractivity contribution in [2.75, 3.05) is 6.61 Å². The zero-order valence-corrected chi connectivity index (χ0v) is 12.7. The van der Waals surface area contributed by atoms with E-state index in [0.29, 0.717) is 0 Å². The van der Waals surface area contributed by atoms with Gasteiger partial charge in [0.1, 0.15) is 0 Å². The van der Waals surface area contributed by atoms with Crippen LogP contribution >= 0.6 is 0 Å². The number of alkyl halides is 4. The van der Waals surface area contributed by atoms with Crippen molar-refractivity contribution in [3.63, 3.8) is 0 Å². The molecule has 1 unspecified atom stereocenters. The van der Waals surface area contributed by atoms with E-state index in [1.165, 1.54) is 0 Å². The van der Waals surface area contributed by atoms with Crippen LogP contribution in [0.15, 0.2) is 0 Å². The van der Waals surface area contributed by atoms with E-state index in [-0.39, 0.29) is 25.4 Å². The highest BCUT2D eigenvalue weighted by atomic mass is 19.3. The molecule has 0 saturated heterocycles. The van der Waals surface area contributed by atoms with Gasteiger partial charge >= 0.3 is 24.3 Å². The molecule has 0 heterocycles. The first-order valence-corrected chi connectivity index (χ1v) is 7.20. The highest BCUT2D eigenvalue weighted by molar-refractivity contribution is 5.72. The number of unbranched alkanes of at least 4 members (excludes halogenated alkanes) is 1. The summed E-state index contributed by atoms with van der Waals surface area (Å²) in [5, 5.41) is 0. The minimum Gasteiger partial charge on any atom is -0.463 e. The quantitative estimate of drug-likeness (QED) is 0.428. The zero-order valence-electron chi connectivity index (χ0n) is 12.7. The first kappa shape index (κ1) is 20.7. The fourth-order valence-corrected chi connectivity index (χ4v) is 1.52. The largest absolute Gasteiger partial charge is 0.463 e. The van der Waals surface area contributed by atoms with Gasteiger partial charge in [0.25, 0.3) is 0 Å². The first-order valence-electron chi connectivity index (χ1n) is 7.20. The van der Waals surface area contributed by atoms with Gasteiger partial charge in [-0.2, -0.15) is 8.78 Å². The summed E-state index contributed by atoms with van der Waals surface area (Å²) in [6, 6.07) is 0. The number of carbonyl (C=O) groups excluding carboxylic acids is 2. The fourth-order valence-electron chi connectivity index (χ4n) is 1.52. The second-order valence-corrected chi connectivity index (χ2v) is 5.02. The molecule has 0 aliphatic carbocycles. The zero-order chi connectivity index (χ0) is 17.2. The number of hydrogen-bond acceptors (Lipinski definition) is 4. The Morgan fingerprint density at radius 3 is 2.23 bits per heavy atom. The molecule has 0 aliphatic rings. The standard InChI is InChI=1S/C14H22F4O4/c1-3-4-6-10(2)22-12(20)8-5-7-11(19)21-9-14(17,18)13(15)16/h10,13H,3-9H2,1-2H3. The third-order valence-electron chi connectivity index (χ3n) is 2.80. The van der Waals surface area contributed by atoms with Crippen LogP contribution in [0.1, 0.15) is 52.4 Å². The topological polar surface area (TPSA) is 52.6 Å². The van der Waals surface area contributed by atoms with Crippen LogP contribution in [0.4, 0.5) is 17.6 Å². The van der Waals surface area contributed by atoms with E-state index in [9.17, 15) is 27.2 Å².